The highest BCUT2D eigenvalue weighted by Gasteiger charge is 2.35. The number of hydrogen-bond acceptors (Lipinski definition) is 6. The van der Waals surface area contributed by atoms with Gasteiger partial charge in [0.1, 0.15) is 16.7 Å². The third-order valence-corrected chi connectivity index (χ3v) is 7.02. The highest BCUT2D eigenvalue weighted by atomic mass is 32.1. The average Bonchev–Trinajstić information content (AvgIpc) is 2.88. The molecular weight excluding hydrogens is 378 g/mol. The van der Waals surface area contributed by atoms with Gasteiger partial charge in [0.2, 0.25) is 0 Å². The molecule has 0 spiro atoms. The van der Waals surface area contributed by atoms with Crippen LogP contribution in [-0.4, -0.2) is 46.0 Å². The molecular formula is C20H25N3O4S. The molecule has 28 heavy (non-hydrogen) atoms. The third-order valence-electron chi connectivity index (χ3n) is 5.84. The first-order valence-electron chi connectivity index (χ1n) is 9.94. The molecule has 0 bridgehead atoms. The number of thiophene rings is 1. The number of ether oxygens (including phenoxy) is 1. The molecule has 1 atom stereocenters. The largest absolute Gasteiger partial charge is 0.467 e. The number of amides is 1. The normalized spacial score (nSPS) is 19.9. The van der Waals surface area contributed by atoms with E-state index in [1.54, 1.807) is 9.47 Å². The van der Waals surface area contributed by atoms with Crippen molar-refractivity contribution in [1.82, 2.24) is 14.5 Å². The molecule has 0 aliphatic carbocycles. The molecule has 4 heterocycles. The molecule has 2 aromatic heterocycles. The zero-order valence-corrected chi connectivity index (χ0v) is 17.1. The number of aromatic nitrogens is 2. The Hall–Kier alpha value is -2.22. The molecule has 4 rings (SSSR count). The van der Waals surface area contributed by atoms with Crippen LogP contribution in [0.5, 0.6) is 0 Å². The van der Waals surface area contributed by atoms with E-state index in [0.29, 0.717) is 40.2 Å². The van der Waals surface area contributed by atoms with Gasteiger partial charge < -0.3 is 9.64 Å². The van der Waals surface area contributed by atoms with Crippen molar-refractivity contribution in [2.45, 2.75) is 64.5 Å². The van der Waals surface area contributed by atoms with Crippen LogP contribution in [0.2, 0.25) is 0 Å². The van der Waals surface area contributed by atoms with Crippen LogP contribution in [0.25, 0.3) is 10.2 Å². The SMILES string of the molecule is COC(=O)C1CCCCN1C(=O)c1sc2nc3n(c(=O)c2c1C)CCCCC3. The predicted octanol–water partition coefficient (Wildman–Crippen LogP) is 2.66. The minimum absolute atomic E-state index is 0.0436. The Balaban J connectivity index is 1.78. The second-order valence-electron chi connectivity index (χ2n) is 7.57. The number of fused-ring (bicyclic) bond motifs is 2. The van der Waals surface area contributed by atoms with Gasteiger partial charge in [0.05, 0.1) is 17.4 Å². The van der Waals surface area contributed by atoms with Crippen molar-refractivity contribution >= 4 is 33.4 Å². The van der Waals surface area contributed by atoms with Gasteiger partial charge >= 0.3 is 5.97 Å². The number of piperidine rings is 1. The Bertz CT molecular complexity index is 993. The van der Waals surface area contributed by atoms with Crippen molar-refractivity contribution in [2.24, 2.45) is 0 Å². The summed E-state index contributed by atoms with van der Waals surface area (Å²) in [7, 11) is 1.35. The van der Waals surface area contributed by atoms with Gasteiger partial charge in [0.15, 0.2) is 0 Å². The number of esters is 1. The summed E-state index contributed by atoms with van der Waals surface area (Å²) >= 11 is 1.27. The molecule has 1 unspecified atom stereocenters. The fourth-order valence-electron chi connectivity index (χ4n) is 4.30. The van der Waals surface area contributed by atoms with Crippen LogP contribution >= 0.6 is 11.3 Å². The third kappa shape index (κ3) is 3.13. The van der Waals surface area contributed by atoms with E-state index in [1.807, 2.05) is 6.92 Å². The van der Waals surface area contributed by atoms with Gasteiger partial charge in [0.25, 0.3) is 11.5 Å². The van der Waals surface area contributed by atoms with Crippen LogP contribution in [0.15, 0.2) is 4.79 Å². The minimum Gasteiger partial charge on any atom is -0.467 e. The maximum atomic E-state index is 13.3. The Morgan fingerprint density at radius 1 is 1.14 bits per heavy atom. The quantitative estimate of drug-likeness (QED) is 0.720. The molecule has 0 saturated carbocycles. The van der Waals surface area contributed by atoms with E-state index in [1.165, 1.54) is 18.4 Å². The van der Waals surface area contributed by atoms with Crippen molar-refractivity contribution in [3.8, 4) is 0 Å². The molecule has 0 radical (unpaired) electrons. The highest BCUT2D eigenvalue weighted by molar-refractivity contribution is 7.20. The summed E-state index contributed by atoms with van der Waals surface area (Å²) in [5.41, 5.74) is 0.633. The summed E-state index contributed by atoms with van der Waals surface area (Å²) in [5, 5.41) is 0.547. The van der Waals surface area contributed by atoms with Crippen LogP contribution in [0.3, 0.4) is 0 Å². The van der Waals surface area contributed by atoms with Crippen molar-refractivity contribution in [3.05, 3.63) is 26.6 Å². The minimum atomic E-state index is -0.554. The van der Waals surface area contributed by atoms with Crippen molar-refractivity contribution in [3.63, 3.8) is 0 Å². The molecule has 0 N–H and O–H groups in total. The second-order valence-corrected chi connectivity index (χ2v) is 8.56. The summed E-state index contributed by atoms with van der Waals surface area (Å²) in [6, 6.07) is -0.554. The smallest absolute Gasteiger partial charge is 0.328 e. The number of hydrogen-bond donors (Lipinski definition) is 0. The number of carbonyl (C=O) groups excluding carboxylic acids is 2. The fraction of sp³-hybridized carbons (Fsp3) is 0.600. The standard InChI is InChI=1S/C20H25N3O4S/c1-12-15-17(21-14-9-4-3-6-11-23(14)18(15)24)28-16(12)19(25)22-10-7-5-8-13(22)20(26)27-2/h13H,3-11H2,1-2H3. The number of aryl methyl sites for hydroxylation is 2. The number of rotatable bonds is 2. The van der Waals surface area contributed by atoms with Crippen LogP contribution in [-0.2, 0) is 22.5 Å². The topological polar surface area (TPSA) is 81.5 Å². The van der Waals surface area contributed by atoms with E-state index < -0.39 is 6.04 Å². The summed E-state index contributed by atoms with van der Waals surface area (Å²) in [5.74, 6) is 0.243. The maximum Gasteiger partial charge on any atom is 0.328 e. The number of carbonyl (C=O) groups is 2. The molecule has 8 heteroatoms. The van der Waals surface area contributed by atoms with Gasteiger partial charge in [-0.25, -0.2) is 9.78 Å². The van der Waals surface area contributed by atoms with Crippen molar-refractivity contribution < 1.29 is 14.3 Å². The molecule has 2 aliphatic rings. The first-order valence-corrected chi connectivity index (χ1v) is 10.8. The maximum absolute atomic E-state index is 13.3. The second kappa shape index (κ2) is 7.66. The van der Waals surface area contributed by atoms with Crippen LogP contribution in [0.1, 0.15) is 59.6 Å². The zero-order chi connectivity index (χ0) is 19.8. The average molecular weight is 404 g/mol. The van der Waals surface area contributed by atoms with Gasteiger partial charge in [0, 0.05) is 19.5 Å². The molecule has 7 nitrogen and oxygen atoms in total. The lowest BCUT2D eigenvalue weighted by Crippen LogP contribution is -2.48. The van der Waals surface area contributed by atoms with Crippen LogP contribution in [0.4, 0.5) is 0 Å². The Labute approximate surface area is 167 Å². The first-order chi connectivity index (χ1) is 13.5. The van der Waals surface area contributed by atoms with E-state index in [9.17, 15) is 14.4 Å². The number of likely N-dealkylation sites (tertiary alicyclic amines) is 1. The van der Waals surface area contributed by atoms with E-state index in [-0.39, 0.29) is 17.4 Å². The molecule has 150 valence electrons. The fourth-order valence-corrected chi connectivity index (χ4v) is 5.45. The Kier molecular flexibility index (Phi) is 5.23. The van der Waals surface area contributed by atoms with Gasteiger partial charge in [-0.2, -0.15) is 0 Å². The first kappa shape index (κ1) is 19.1. The Morgan fingerprint density at radius 2 is 1.93 bits per heavy atom. The van der Waals surface area contributed by atoms with Gasteiger partial charge in [-0.15, -0.1) is 11.3 Å². The monoisotopic (exact) mass is 403 g/mol. The lowest BCUT2D eigenvalue weighted by Gasteiger charge is -2.33. The van der Waals surface area contributed by atoms with Crippen molar-refractivity contribution in [1.29, 1.82) is 0 Å². The molecule has 1 amide bonds. The number of methoxy groups -OCH3 is 1. The van der Waals surface area contributed by atoms with Gasteiger partial charge in [-0.05, 0) is 44.6 Å². The zero-order valence-electron chi connectivity index (χ0n) is 16.3. The van der Waals surface area contributed by atoms with Crippen LogP contribution in [0, 0.1) is 6.92 Å². The Morgan fingerprint density at radius 3 is 2.71 bits per heavy atom. The van der Waals surface area contributed by atoms with E-state index >= 15 is 0 Å². The summed E-state index contributed by atoms with van der Waals surface area (Å²) in [4.78, 5) is 46.0. The predicted molar refractivity (Wildman–Crippen MR) is 107 cm³/mol. The highest BCUT2D eigenvalue weighted by Crippen LogP contribution is 2.31. The molecule has 2 aromatic rings. The van der Waals surface area contributed by atoms with E-state index in [2.05, 4.69) is 0 Å². The molecule has 1 saturated heterocycles. The molecule has 0 aromatic carbocycles. The van der Waals surface area contributed by atoms with Crippen LogP contribution < -0.4 is 5.56 Å². The van der Waals surface area contributed by atoms with Crippen molar-refractivity contribution in [2.75, 3.05) is 13.7 Å². The summed E-state index contributed by atoms with van der Waals surface area (Å²) in [6.07, 6.45) is 6.26. The molecule has 2 aliphatic heterocycles. The lowest BCUT2D eigenvalue weighted by molar-refractivity contribution is -0.147. The number of nitrogens with zero attached hydrogens (tertiary/aromatic N) is 3. The van der Waals surface area contributed by atoms with Gasteiger partial charge in [-0.3, -0.25) is 14.2 Å². The molecule has 1 fully saturated rings. The van der Waals surface area contributed by atoms with Gasteiger partial charge in [-0.1, -0.05) is 6.42 Å². The summed E-state index contributed by atoms with van der Waals surface area (Å²) < 4.78 is 6.68. The van der Waals surface area contributed by atoms with E-state index in [0.717, 1.165) is 44.3 Å². The lowest BCUT2D eigenvalue weighted by atomic mass is 10.0. The van der Waals surface area contributed by atoms with E-state index in [4.69, 9.17) is 9.72 Å². The summed E-state index contributed by atoms with van der Waals surface area (Å²) in [6.45, 7) is 3.03.